The van der Waals surface area contributed by atoms with Gasteiger partial charge in [0.15, 0.2) is 0 Å². The summed E-state index contributed by atoms with van der Waals surface area (Å²) < 4.78 is 16.3. The maximum Gasteiger partial charge on any atom is 0.371 e. The Morgan fingerprint density at radius 3 is 2.54 bits per heavy atom. The molecule has 28 heavy (non-hydrogen) atoms. The molecule has 0 saturated carbocycles. The minimum Gasteiger partial charge on any atom is -0.489 e. The molecule has 0 bridgehead atoms. The van der Waals surface area contributed by atoms with Crippen molar-refractivity contribution in [3.8, 4) is 16.9 Å². The van der Waals surface area contributed by atoms with E-state index in [2.05, 4.69) is 0 Å². The summed E-state index contributed by atoms with van der Waals surface area (Å²) >= 11 is 0. The van der Waals surface area contributed by atoms with E-state index < -0.39 is 11.6 Å². The predicted molar refractivity (Wildman–Crippen MR) is 103 cm³/mol. The number of furan rings is 1. The summed E-state index contributed by atoms with van der Waals surface area (Å²) in [5.41, 5.74) is 2.32. The molecule has 0 unspecified atom stereocenters. The fourth-order valence-electron chi connectivity index (χ4n) is 3.02. The molecule has 0 radical (unpaired) electrons. The molecule has 2 aromatic carbocycles. The standard InChI is InChI=1S/C22H16O6/c1-13-15(9-20(27-13)22(24)25)12-26-16-7-8-17-18(14-5-3-2-4-6-14)11-21(23)28-19(17)10-16/h2-11H,12H2,1H3,(H,24,25). The number of carboxylic acid groups (broad SMARTS) is 1. The molecule has 0 atom stereocenters. The molecule has 0 saturated heterocycles. The first-order valence-electron chi connectivity index (χ1n) is 8.60. The highest BCUT2D eigenvalue weighted by Crippen LogP contribution is 2.30. The van der Waals surface area contributed by atoms with Crippen molar-refractivity contribution in [1.82, 2.24) is 0 Å². The van der Waals surface area contributed by atoms with Crippen LogP contribution in [-0.4, -0.2) is 11.1 Å². The monoisotopic (exact) mass is 376 g/mol. The average molecular weight is 376 g/mol. The smallest absolute Gasteiger partial charge is 0.371 e. The number of carboxylic acids is 1. The number of benzene rings is 2. The number of carbonyl (C=O) groups is 1. The van der Waals surface area contributed by atoms with Crippen molar-refractivity contribution >= 4 is 16.9 Å². The van der Waals surface area contributed by atoms with Gasteiger partial charge in [-0.1, -0.05) is 30.3 Å². The van der Waals surface area contributed by atoms with Gasteiger partial charge in [-0.2, -0.15) is 0 Å². The van der Waals surface area contributed by atoms with E-state index in [4.69, 9.17) is 18.7 Å². The maximum atomic E-state index is 12.0. The zero-order chi connectivity index (χ0) is 19.7. The first-order valence-corrected chi connectivity index (χ1v) is 8.60. The molecule has 4 rings (SSSR count). The predicted octanol–water partition coefficient (Wildman–Crippen LogP) is 4.64. The summed E-state index contributed by atoms with van der Waals surface area (Å²) in [7, 11) is 0. The Morgan fingerprint density at radius 2 is 1.82 bits per heavy atom. The van der Waals surface area contributed by atoms with E-state index in [9.17, 15) is 9.59 Å². The second-order valence-electron chi connectivity index (χ2n) is 6.29. The summed E-state index contributed by atoms with van der Waals surface area (Å²) in [4.78, 5) is 23.0. The highest BCUT2D eigenvalue weighted by atomic mass is 16.5. The first-order chi connectivity index (χ1) is 13.5. The van der Waals surface area contributed by atoms with Crippen LogP contribution in [0.4, 0.5) is 0 Å². The molecule has 0 aliphatic heterocycles. The third kappa shape index (κ3) is 3.40. The largest absolute Gasteiger partial charge is 0.489 e. The van der Waals surface area contributed by atoms with Crippen LogP contribution in [-0.2, 0) is 6.61 Å². The van der Waals surface area contributed by atoms with Gasteiger partial charge in [-0.3, -0.25) is 0 Å². The van der Waals surface area contributed by atoms with Crippen LogP contribution < -0.4 is 10.4 Å². The lowest BCUT2D eigenvalue weighted by atomic mass is 10.0. The average Bonchev–Trinajstić information content (AvgIpc) is 3.07. The maximum absolute atomic E-state index is 12.0. The van der Waals surface area contributed by atoms with E-state index in [0.29, 0.717) is 22.7 Å². The SMILES string of the molecule is Cc1oc(C(=O)O)cc1COc1ccc2c(-c3ccccc3)cc(=O)oc2c1. The number of ether oxygens (including phenoxy) is 1. The minimum atomic E-state index is -1.13. The lowest BCUT2D eigenvalue weighted by molar-refractivity contribution is 0.0661. The zero-order valence-corrected chi connectivity index (χ0v) is 15.0. The number of aryl methyl sites for hydroxylation is 1. The number of hydrogen-bond acceptors (Lipinski definition) is 5. The third-order valence-electron chi connectivity index (χ3n) is 4.43. The molecule has 2 heterocycles. The quantitative estimate of drug-likeness (QED) is 0.511. The van der Waals surface area contributed by atoms with Crippen LogP contribution in [0.2, 0.25) is 0 Å². The van der Waals surface area contributed by atoms with E-state index in [0.717, 1.165) is 16.5 Å². The van der Waals surface area contributed by atoms with Crippen molar-refractivity contribution in [3.05, 3.63) is 88.2 Å². The topological polar surface area (TPSA) is 89.9 Å². The molecule has 4 aromatic rings. The molecule has 140 valence electrons. The van der Waals surface area contributed by atoms with Crippen LogP contribution in [0.25, 0.3) is 22.1 Å². The van der Waals surface area contributed by atoms with Gasteiger partial charge in [0.25, 0.3) is 0 Å². The van der Waals surface area contributed by atoms with Crippen LogP contribution in [0.5, 0.6) is 5.75 Å². The van der Waals surface area contributed by atoms with Crippen LogP contribution in [0.1, 0.15) is 21.9 Å². The van der Waals surface area contributed by atoms with Crippen LogP contribution in [0.3, 0.4) is 0 Å². The normalized spacial score (nSPS) is 10.9. The Labute approximate surface area is 159 Å². The molecule has 6 nitrogen and oxygen atoms in total. The molecule has 2 aromatic heterocycles. The fraction of sp³-hybridized carbons (Fsp3) is 0.0909. The van der Waals surface area contributed by atoms with Gasteiger partial charge in [-0.15, -0.1) is 0 Å². The number of fused-ring (bicyclic) bond motifs is 1. The number of rotatable bonds is 5. The van der Waals surface area contributed by atoms with Crippen LogP contribution in [0.15, 0.2) is 74.3 Å². The Balaban J connectivity index is 1.65. The van der Waals surface area contributed by atoms with Gasteiger partial charge >= 0.3 is 11.6 Å². The fourth-order valence-corrected chi connectivity index (χ4v) is 3.02. The van der Waals surface area contributed by atoms with Crippen LogP contribution >= 0.6 is 0 Å². The van der Waals surface area contributed by atoms with E-state index in [-0.39, 0.29) is 12.4 Å². The van der Waals surface area contributed by atoms with Gasteiger partial charge < -0.3 is 18.7 Å². The lowest BCUT2D eigenvalue weighted by Gasteiger charge is -2.09. The Hall–Kier alpha value is -3.80. The Kier molecular flexibility index (Phi) is 4.45. The van der Waals surface area contributed by atoms with Crippen LogP contribution in [0, 0.1) is 6.92 Å². The van der Waals surface area contributed by atoms with Crippen molar-refractivity contribution in [1.29, 1.82) is 0 Å². The summed E-state index contributed by atoms with van der Waals surface area (Å²) in [6, 6.07) is 17.8. The Morgan fingerprint density at radius 1 is 1.04 bits per heavy atom. The van der Waals surface area contributed by atoms with Crippen molar-refractivity contribution in [2.45, 2.75) is 13.5 Å². The van der Waals surface area contributed by atoms with Gasteiger partial charge in [-0.05, 0) is 36.2 Å². The van der Waals surface area contributed by atoms with E-state index >= 15 is 0 Å². The molecule has 0 amide bonds. The summed E-state index contributed by atoms with van der Waals surface area (Å²) in [6.45, 7) is 1.81. The first kappa shape index (κ1) is 17.6. The summed E-state index contributed by atoms with van der Waals surface area (Å²) in [5.74, 6) is -0.280. The summed E-state index contributed by atoms with van der Waals surface area (Å²) in [5, 5.41) is 9.79. The van der Waals surface area contributed by atoms with Crippen molar-refractivity contribution < 1.29 is 23.5 Å². The Bertz CT molecular complexity index is 1220. The van der Waals surface area contributed by atoms with Gasteiger partial charge in [-0.25, -0.2) is 9.59 Å². The van der Waals surface area contributed by atoms with E-state index in [1.54, 1.807) is 19.1 Å². The van der Waals surface area contributed by atoms with E-state index in [1.165, 1.54) is 12.1 Å². The molecule has 0 aliphatic rings. The molecule has 0 fully saturated rings. The second-order valence-corrected chi connectivity index (χ2v) is 6.29. The van der Waals surface area contributed by atoms with Crippen molar-refractivity contribution in [2.75, 3.05) is 0 Å². The van der Waals surface area contributed by atoms with Gasteiger partial charge in [0, 0.05) is 23.1 Å². The highest BCUT2D eigenvalue weighted by Gasteiger charge is 2.14. The van der Waals surface area contributed by atoms with E-state index in [1.807, 2.05) is 36.4 Å². The molecule has 0 spiro atoms. The van der Waals surface area contributed by atoms with Gasteiger partial charge in [0.2, 0.25) is 5.76 Å². The lowest BCUT2D eigenvalue weighted by Crippen LogP contribution is -1.99. The third-order valence-corrected chi connectivity index (χ3v) is 4.43. The van der Waals surface area contributed by atoms with Gasteiger partial charge in [0.05, 0.1) is 0 Å². The van der Waals surface area contributed by atoms with Crippen molar-refractivity contribution in [2.24, 2.45) is 0 Å². The summed E-state index contributed by atoms with van der Waals surface area (Å²) in [6.07, 6.45) is 0. The molecular formula is C22H16O6. The second kappa shape index (κ2) is 7.08. The van der Waals surface area contributed by atoms with Gasteiger partial charge in [0.1, 0.15) is 23.7 Å². The molecular weight excluding hydrogens is 360 g/mol. The minimum absolute atomic E-state index is 0.131. The zero-order valence-electron chi connectivity index (χ0n) is 15.0. The van der Waals surface area contributed by atoms with Crippen molar-refractivity contribution in [3.63, 3.8) is 0 Å². The molecule has 1 N–H and O–H groups in total. The highest BCUT2D eigenvalue weighted by molar-refractivity contribution is 5.93. The molecule has 0 aliphatic carbocycles. The number of hydrogen-bond donors (Lipinski definition) is 1. The molecule has 6 heteroatoms. The number of aromatic carboxylic acids is 1.